The molecule has 0 spiro atoms. The number of nitrogens with zero attached hydrogens (tertiary/aromatic N) is 2. The first-order chi connectivity index (χ1) is 9.65. The van der Waals surface area contributed by atoms with Crippen LogP contribution >= 0.6 is 15.9 Å². The third-order valence-electron chi connectivity index (χ3n) is 4.19. The van der Waals surface area contributed by atoms with Crippen LogP contribution in [0, 0.1) is 0 Å². The van der Waals surface area contributed by atoms with Crippen molar-refractivity contribution in [2.75, 3.05) is 36.5 Å². The van der Waals surface area contributed by atoms with Gasteiger partial charge >= 0.3 is 0 Å². The van der Waals surface area contributed by atoms with Crippen molar-refractivity contribution in [3.8, 4) is 0 Å². The lowest BCUT2D eigenvalue weighted by Crippen LogP contribution is -2.50. The van der Waals surface area contributed by atoms with Crippen molar-refractivity contribution in [2.24, 2.45) is 0 Å². The first kappa shape index (κ1) is 13.9. The molecule has 108 valence electrons. The highest BCUT2D eigenvalue weighted by atomic mass is 79.9. The van der Waals surface area contributed by atoms with Gasteiger partial charge in [0.05, 0.1) is 17.9 Å². The molecule has 0 aliphatic carbocycles. The molecular formula is C15H20BrN3O. The molecule has 1 aromatic rings. The minimum absolute atomic E-state index is 0.159. The number of amides is 1. The summed E-state index contributed by atoms with van der Waals surface area (Å²) in [6, 6.07) is 6.67. The van der Waals surface area contributed by atoms with E-state index in [4.69, 9.17) is 0 Å². The summed E-state index contributed by atoms with van der Waals surface area (Å²) in [6.07, 6.45) is 3.75. The first-order valence-electron chi connectivity index (χ1n) is 7.19. The van der Waals surface area contributed by atoms with Crippen molar-refractivity contribution in [3.05, 3.63) is 22.7 Å². The third kappa shape index (κ3) is 2.69. The van der Waals surface area contributed by atoms with E-state index in [0.29, 0.717) is 12.6 Å². The van der Waals surface area contributed by atoms with Gasteiger partial charge in [-0.1, -0.05) is 22.4 Å². The maximum atomic E-state index is 12.2. The van der Waals surface area contributed by atoms with Crippen LogP contribution in [0.2, 0.25) is 0 Å². The van der Waals surface area contributed by atoms with E-state index in [2.05, 4.69) is 32.2 Å². The summed E-state index contributed by atoms with van der Waals surface area (Å²) < 4.78 is 1.01. The summed E-state index contributed by atoms with van der Waals surface area (Å²) in [5.74, 6) is 0.159. The van der Waals surface area contributed by atoms with Gasteiger partial charge in [0.15, 0.2) is 0 Å². The van der Waals surface area contributed by atoms with Crippen LogP contribution in [0.1, 0.15) is 19.3 Å². The molecule has 1 amide bonds. The zero-order valence-corrected chi connectivity index (χ0v) is 13.3. The molecule has 1 atom stereocenters. The van der Waals surface area contributed by atoms with Gasteiger partial charge in [0, 0.05) is 24.1 Å². The Bertz CT molecular complexity index is 514. The lowest BCUT2D eigenvalue weighted by molar-refractivity contribution is -0.117. The van der Waals surface area contributed by atoms with Crippen LogP contribution in [0.3, 0.4) is 0 Å². The van der Waals surface area contributed by atoms with Crippen LogP contribution < -0.4 is 15.1 Å². The highest BCUT2D eigenvalue weighted by Gasteiger charge is 2.28. The molecule has 1 N–H and O–H groups in total. The molecule has 0 radical (unpaired) electrons. The van der Waals surface area contributed by atoms with E-state index in [0.717, 1.165) is 28.9 Å². The standard InChI is InChI=1S/C15H20BrN3O/c1-18-14-8-11(16)5-6-13(14)19(10-15(18)20)9-12-4-2-3-7-17-12/h5-6,8,12,17H,2-4,7,9-10H2,1H3. The Hall–Kier alpha value is -1.07. The minimum atomic E-state index is 0.159. The monoisotopic (exact) mass is 337 g/mol. The molecule has 4 nitrogen and oxygen atoms in total. The van der Waals surface area contributed by atoms with Gasteiger partial charge in [-0.3, -0.25) is 4.79 Å². The number of piperidine rings is 1. The molecule has 1 saturated heterocycles. The van der Waals surface area contributed by atoms with E-state index in [1.54, 1.807) is 4.90 Å². The fraction of sp³-hybridized carbons (Fsp3) is 0.533. The minimum Gasteiger partial charge on any atom is -0.359 e. The molecule has 0 aromatic heterocycles. The zero-order valence-electron chi connectivity index (χ0n) is 11.7. The molecular weight excluding hydrogens is 318 g/mol. The van der Waals surface area contributed by atoms with Crippen LogP contribution in [-0.2, 0) is 4.79 Å². The topological polar surface area (TPSA) is 35.6 Å². The van der Waals surface area contributed by atoms with Gasteiger partial charge < -0.3 is 15.1 Å². The number of nitrogens with one attached hydrogen (secondary N) is 1. The Morgan fingerprint density at radius 1 is 1.35 bits per heavy atom. The Morgan fingerprint density at radius 2 is 2.20 bits per heavy atom. The molecule has 2 heterocycles. The number of carbonyl (C=O) groups is 1. The van der Waals surface area contributed by atoms with Gasteiger partial charge in [-0.15, -0.1) is 0 Å². The first-order valence-corrected chi connectivity index (χ1v) is 7.99. The average molecular weight is 338 g/mol. The van der Waals surface area contributed by atoms with Crippen LogP contribution in [0.15, 0.2) is 22.7 Å². The van der Waals surface area contributed by atoms with Gasteiger partial charge in [-0.25, -0.2) is 0 Å². The van der Waals surface area contributed by atoms with Crippen LogP contribution in [0.4, 0.5) is 11.4 Å². The Balaban J connectivity index is 1.85. The van der Waals surface area contributed by atoms with Crippen LogP contribution in [0.5, 0.6) is 0 Å². The smallest absolute Gasteiger partial charge is 0.246 e. The van der Waals surface area contributed by atoms with Crippen molar-refractivity contribution in [2.45, 2.75) is 25.3 Å². The number of fused-ring (bicyclic) bond motifs is 1. The summed E-state index contributed by atoms with van der Waals surface area (Å²) in [7, 11) is 1.85. The number of hydrogen-bond donors (Lipinski definition) is 1. The summed E-state index contributed by atoms with van der Waals surface area (Å²) in [5.41, 5.74) is 2.15. The number of rotatable bonds is 2. The molecule has 0 bridgehead atoms. The third-order valence-corrected chi connectivity index (χ3v) is 4.69. The largest absolute Gasteiger partial charge is 0.359 e. The Morgan fingerprint density at radius 3 is 2.95 bits per heavy atom. The van der Waals surface area contributed by atoms with Crippen molar-refractivity contribution >= 4 is 33.2 Å². The molecule has 1 aromatic carbocycles. The summed E-state index contributed by atoms with van der Waals surface area (Å²) in [4.78, 5) is 16.1. The van der Waals surface area contributed by atoms with Gasteiger partial charge in [0.25, 0.3) is 0 Å². The fourth-order valence-corrected chi connectivity index (χ4v) is 3.38. The fourth-order valence-electron chi connectivity index (χ4n) is 3.03. The average Bonchev–Trinajstić information content (AvgIpc) is 2.45. The SMILES string of the molecule is CN1C(=O)CN(CC2CCCCN2)c2ccc(Br)cc21. The molecule has 5 heteroatoms. The van der Waals surface area contributed by atoms with Crippen LogP contribution in [-0.4, -0.2) is 38.6 Å². The number of halogens is 1. The Labute approximate surface area is 128 Å². The summed E-state index contributed by atoms with van der Waals surface area (Å²) >= 11 is 3.49. The maximum absolute atomic E-state index is 12.2. The van der Waals surface area contributed by atoms with Gasteiger partial charge in [-0.2, -0.15) is 0 Å². The number of carbonyl (C=O) groups excluding carboxylic acids is 1. The lowest BCUT2D eigenvalue weighted by atomic mass is 10.0. The second-order valence-corrected chi connectivity index (χ2v) is 6.53. The zero-order chi connectivity index (χ0) is 14.1. The predicted octanol–water partition coefficient (Wildman–Crippen LogP) is 2.37. The van der Waals surface area contributed by atoms with E-state index in [1.807, 2.05) is 19.2 Å². The summed E-state index contributed by atoms with van der Waals surface area (Å²) in [6.45, 7) is 2.48. The highest BCUT2D eigenvalue weighted by Crippen LogP contribution is 2.35. The number of benzene rings is 1. The number of likely N-dealkylation sites (N-methyl/N-ethyl adjacent to an activating group) is 1. The second kappa shape index (κ2) is 5.74. The molecule has 0 saturated carbocycles. The second-order valence-electron chi connectivity index (χ2n) is 5.61. The van der Waals surface area contributed by atoms with Crippen molar-refractivity contribution < 1.29 is 4.79 Å². The number of anilines is 2. The lowest BCUT2D eigenvalue weighted by Gasteiger charge is -2.38. The summed E-state index contributed by atoms with van der Waals surface area (Å²) in [5, 5.41) is 3.56. The molecule has 2 aliphatic rings. The van der Waals surface area contributed by atoms with Crippen molar-refractivity contribution in [1.29, 1.82) is 0 Å². The van der Waals surface area contributed by atoms with Gasteiger partial charge in [-0.05, 0) is 37.6 Å². The van der Waals surface area contributed by atoms with Gasteiger partial charge in [0.2, 0.25) is 5.91 Å². The van der Waals surface area contributed by atoms with Crippen molar-refractivity contribution in [3.63, 3.8) is 0 Å². The van der Waals surface area contributed by atoms with Crippen molar-refractivity contribution in [1.82, 2.24) is 5.32 Å². The number of hydrogen-bond acceptors (Lipinski definition) is 3. The van der Waals surface area contributed by atoms with E-state index in [1.165, 1.54) is 19.3 Å². The van der Waals surface area contributed by atoms with E-state index < -0.39 is 0 Å². The quantitative estimate of drug-likeness (QED) is 0.899. The normalized spacial score (nSPS) is 22.9. The maximum Gasteiger partial charge on any atom is 0.246 e. The van der Waals surface area contributed by atoms with E-state index in [-0.39, 0.29) is 5.91 Å². The molecule has 1 fully saturated rings. The molecule has 2 aliphatic heterocycles. The van der Waals surface area contributed by atoms with Gasteiger partial charge in [0.1, 0.15) is 0 Å². The predicted molar refractivity (Wildman–Crippen MR) is 85.4 cm³/mol. The molecule has 3 rings (SSSR count). The van der Waals surface area contributed by atoms with E-state index >= 15 is 0 Å². The highest BCUT2D eigenvalue weighted by molar-refractivity contribution is 9.10. The Kier molecular flexibility index (Phi) is 3.98. The molecule has 1 unspecified atom stereocenters. The van der Waals surface area contributed by atoms with Crippen LogP contribution in [0.25, 0.3) is 0 Å². The van der Waals surface area contributed by atoms with E-state index in [9.17, 15) is 4.79 Å². The molecule has 20 heavy (non-hydrogen) atoms.